The maximum atomic E-state index is 12.7. The molecule has 1 aliphatic heterocycles. The third-order valence-corrected chi connectivity index (χ3v) is 7.12. The van der Waals surface area contributed by atoms with Crippen LogP contribution in [0.1, 0.15) is 46.6 Å². The number of anilines is 1. The van der Waals surface area contributed by atoms with E-state index in [4.69, 9.17) is 4.74 Å². The molecule has 1 saturated heterocycles. The van der Waals surface area contributed by atoms with Gasteiger partial charge in [-0.25, -0.2) is 4.79 Å². The zero-order valence-corrected chi connectivity index (χ0v) is 20.7. The first kappa shape index (κ1) is 24.9. The number of urea groups is 1. The van der Waals surface area contributed by atoms with Crippen LogP contribution in [-0.2, 0) is 11.3 Å². The Balaban J connectivity index is 1.33. The van der Waals surface area contributed by atoms with Crippen molar-refractivity contribution in [3.63, 3.8) is 0 Å². The van der Waals surface area contributed by atoms with Gasteiger partial charge < -0.3 is 26.0 Å². The number of hydrogen-bond acceptors (Lipinski definition) is 5. The van der Waals surface area contributed by atoms with Crippen LogP contribution in [0.4, 0.5) is 10.5 Å². The lowest BCUT2D eigenvalue weighted by atomic mass is 9.88. The predicted molar refractivity (Wildman–Crippen MR) is 140 cm³/mol. The van der Waals surface area contributed by atoms with E-state index in [1.54, 1.807) is 35.6 Å². The Morgan fingerprint density at radius 3 is 2.54 bits per heavy atom. The molecule has 1 aliphatic rings. The highest BCUT2D eigenvalue weighted by molar-refractivity contribution is 7.09. The van der Waals surface area contributed by atoms with Gasteiger partial charge in [0.05, 0.1) is 6.54 Å². The van der Waals surface area contributed by atoms with E-state index in [1.807, 2.05) is 35.7 Å². The summed E-state index contributed by atoms with van der Waals surface area (Å²) in [6, 6.07) is 21.0. The number of carbonyl (C=O) groups excluding carboxylic acids is 2. The molecule has 0 aliphatic carbocycles. The Morgan fingerprint density at radius 2 is 1.80 bits per heavy atom. The van der Waals surface area contributed by atoms with E-state index < -0.39 is 0 Å². The van der Waals surface area contributed by atoms with Crippen LogP contribution < -0.4 is 21.3 Å². The van der Waals surface area contributed by atoms with Gasteiger partial charge in [0.2, 0.25) is 0 Å². The van der Waals surface area contributed by atoms with Crippen molar-refractivity contribution in [3.8, 4) is 0 Å². The van der Waals surface area contributed by atoms with Gasteiger partial charge in [0.25, 0.3) is 5.91 Å². The molecule has 1 atom stereocenters. The lowest BCUT2D eigenvalue weighted by molar-refractivity contribution is 0.0349. The Kier molecular flexibility index (Phi) is 8.52. The molecular weight excluding hydrogens is 460 g/mol. The minimum absolute atomic E-state index is 0.142. The third kappa shape index (κ3) is 7.14. The molecule has 1 fully saturated rings. The molecule has 0 spiro atoms. The first-order valence-corrected chi connectivity index (χ1v) is 12.8. The quantitative estimate of drug-likeness (QED) is 0.349. The summed E-state index contributed by atoms with van der Waals surface area (Å²) in [6.45, 7) is 4.40. The second-order valence-corrected chi connectivity index (χ2v) is 9.85. The maximum absolute atomic E-state index is 12.7. The van der Waals surface area contributed by atoms with E-state index in [2.05, 4.69) is 40.3 Å². The molecule has 3 amide bonds. The molecule has 35 heavy (non-hydrogen) atoms. The molecule has 2 heterocycles. The van der Waals surface area contributed by atoms with Crippen molar-refractivity contribution in [1.82, 2.24) is 16.0 Å². The minimum Gasteiger partial charge on any atom is -0.381 e. The van der Waals surface area contributed by atoms with E-state index >= 15 is 0 Å². The van der Waals surface area contributed by atoms with Crippen LogP contribution >= 0.6 is 11.3 Å². The fourth-order valence-electron chi connectivity index (χ4n) is 4.26. The Bertz CT molecular complexity index is 1100. The Labute approximate surface area is 210 Å². The van der Waals surface area contributed by atoms with E-state index in [-0.39, 0.29) is 23.5 Å². The molecule has 0 bridgehead atoms. The standard InChI is InChI=1S/C27H32N4O3S/c1-20(21-7-3-2-4-8-21)31-27(12-14-34-15-13-27)19-29-26(33)30-23-10-5-9-22(17-23)25(32)28-18-24-11-6-16-35-24/h2-11,16-17,20,31H,12-15,18-19H2,1H3,(H,28,32)(H2,29,30,33). The average Bonchev–Trinajstić information content (AvgIpc) is 3.41. The molecule has 7 nitrogen and oxygen atoms in total. The summed E-state index contributed by atoms with van der Waals surface area (Å²) in [4.78, 5) is 26.3. The van der Waals surface area contributed by atoms with E-state index in [9.17, 15) is 9.59 Å². The highest BCUT2D eigenvalue weighted by Gasteiger charge is 2.34. The van der Waals surface area contributed by atoms with E-state index in [1.165, 1.54) is 5.56 Å². The van der Waals surface area contributed by atoms with Crippen LogP contribution in [0.15, 0.2) is 72.1 Å². The molecule has 2 aromatic carbocycles. The number of benzene rings is 2. The van der Waals surface area contributed by atoms with Crippen LogP contribution in [0.5, 0.6) is 0 Å². The largest absolute Gasteiger partial charge is 0.381 e. The summed E-state index contributed by atoms with van der Waals surface area (Å²) >= 11 is 1.60. The normalized spacial score (nSPS) is 15.7. The molecular formula is C27H32N4O3S. The van der Waals surface area contributed by atoms with Gasteiger partial charge in [-0.2, -0.15) is 0 Å². The summed E-state index contributed by atoms with van der Waals surface area (Å²) < 4.78 is 5.59. The Hall–Kier alpha value is -3.20. The number of nitrogens with one attached hydrogen (secondary N) is 4. The summed E-state index contributed by atoms with van der Waals surface area (Å²) in [6.07, 6.45) is 1.62. The van der Waals surface area contributed by atoms with E-state index in [0.717, 1.165) is 17.7 Å². The lowest BCUT2D eigenvalue weighted by Gasteiger charge is -2.40. The molecule has 4 N–H and O–H groups in total. The molecule has 3 aromatic rings. The fraction of sp³-hybridized carbons (Fsp3) is 0.333. The average molecular weight is 493 g/mol. The van der Waals surface area contributed by atoms with Gasteiger partial charge in [0, 0.05) is 47.5 Å². The summed E-state index contributed by atoms with van der Waals surface area (Å²) in [5, 5.41) is 14.5. The van der Waals surface area contributed by atoms with Crippen LogP contribution in [0, 0.1) is 0 Å². The second-order valence-electron chi connectivity index (χ2n) is 8.82. The molecule has 0 radical (unpaired) electrons. The van der Waals surface area contributed by atoms with Gasteiger partial charge in [0.15, 0.2) is 0 Å². The van der Waals surface area contributed by atoms with Crippen LogP contribution in [0.2, 0.25) is 0 Å². The Morgan fingerprint density at radius 1 is 1.00 bits per heavy atom. The molecule has 1 aromatic heterocycles. The third-order valence-electron chi connectivity index (χ3n) is 6.25. The number of rotatable bonds is 9. The van der Waals surface area contributed by atoms with Gasteiger partial charge in [-0.1, -0.05) is 42.5 Å². The van der Waals surface area contributed by atoms with Crippen LogP contribution in [0.25, 0.3) is 0 Å². The van der Waals surface area contributed by atoms with Crippen molar-refractivity contribution in [3.05, 3.63) is 88.1 Å². The molecule has 4 rings (SSSR count). The molecule has 184 valence electrons. The molecule has 0 saturated carbocycles. The number of amides is 3. The monoisotopic (exact) mass is 492 g/mol. The first-order valence-electron chi connectivity index (χ1n) is 11.9. The molecule has 1 unspecified atom stereocenters. The highest BCUT2D eigenvalue weighted by Crippen LogP contribution is 2.25. The van der Waals surface area contributed by atoms with Gasteiger partial charge >= 0.3 is 6.03 Å². The summed E-state index contributed by atoms with van der Waals surface area (Å²) in [7, 11) is 0. The maximum Gasteiger partial charge on any atom is 0.319 e. The van der Waals surface area contributed by atoms with Gasteiger partial charge in [-0.3, -0.25) is 4.79 Å². The first-order chi connectivity index (χ1) is 17.0. The van der Waals surface area contributed by atoms with Crippen molar-refractivity contribution < 1.29 is 14.3 Å². The van der Waals surface area contributed by atoms with Crippen LogP contribution in [0.3, 0.4) is 0 Å². The van der Waals surface area contributed by atoms with Crippen LogP contribution in [-0.4, -0.2) is 37.2 Å². The van der Waals surface area contributed by atoms with Crippen molar-refractivity contribution in [2.45, 2.75) is 37.9 Å². The SMILES string of the molecule is CC(NC1(CNC(=O)Nc2cccc(C(=O)NCc3cccs3)c2)CCOCC1)c1ccccc1. The molecule has 8 heteroatoms. The van der Waals surface area contributed by atoms with Gasteiger partial charge in [-0.05, 0) is 55.0 Å². The number of hydrogen-bond donors (Lipinski definition) is 4. The number of ether oxygens (including phenoxy) is 1. The van der Waals surface area contributed by atoms with Gasteiger partial charge in [-0.15, -0.1) is 11.3 Å². The number of thiophene rings is 1. The van der Waals surface area contributed by atoms with Crippen molar-refractivity contribution in [2.75, 3.05) is 25.1 Å². The lowest BCUT2D eigenvalue weighted by Crippen LogP contribution is -2.57. The second kappa shape index (κ2) is 12.0. The minimum atomic E-state index is -0.304. The van der Waals surface area contributed by atoms with Crippen molar-refractivity contribution in [2.24, 2.45) is 0 Å². The summed E-state index contributed by atoms with van der Waals surface area (Å²) in [5.41, 5.74) is 2.02. The summed E-state index contributed by atoms with van der Waals surface area (Å²) in [5.74, 6) is -0.178. The topological polar surface area (TPSA) is 91.5 Å². The predicted octanol–water partition coefficient (Wildman–Crippen LogP) is 4.70. The van der Waals surface area contributed by atoms with Crippen molar-refractivity contribution in [1.29, 1.82) is 0 Å². The highest BCUT2D eigenvalue weighted by atomic mass is 32.1. The number of carbonyl (C=O) groups is 2. The van der Waals surface area contributed by atoms with Crippen molar-refractivity contribution >= 4 is 29.0 Å². The zero-order chi connectivity index (χ0) is 24.5. The zero-order valence-electron chi connectivity index (χ0n) is 19.9. The van der Waals surface area contributed by atoms with E-state index in [0.29, 0.717) is 37.6 Å². The van der Waals surface area contributed by atoms with Gasteiger partial charge in [0.1, 0.15) is 0 Å². The fourth-order valence-corrected chi connectivity index (χ4v) is 4.91. The smallest absolute Gasteiger partial charge is 0.319 e.